The van der Waals surface area contributed by atoms with E-state index in [0.29, 0.717) is 11.6 Å². The van der Waals surface area contributed by atoms with Gasteiger partial charge < -0.3 is 4.90 Å². The average molecular weight is 195 g/mol. The topological polar surface area (TPSA) is 3.24 Å². The van der Waals surface area contributed by atoms with E-state index in [1.54, 1.807) is 6.07 Å². The highest BCUT2D eigenvalue weighted by Crippen LogP contribution is 2.19. The number of nitrogens with zero attached hydrogens (tertiary/aromatic N) is 1. The van der Waals surface area contributed by atoms with Gasteiger partial charge in [0.2, 0.25) is 0 Å². The van der Waals surface area contributed by atoms with E-state index >= 15 is 0 Å². The molecule has 0 heterocycles. The number of halogens is 1. The van der Waals surface area contributed by atoms with Crippen LogP contribution in [0.25, 0.3) is 0 Å². The molecule has 14 heavy (non-hydrogen) atoms. The highest BCUT2D eigenvalue weighted by Gasteiger charge is 2.09. The van der Waals surface area contributed by atoms with E-state index in [0.717, 1.165) is 13.1 Å². The number of benzene rings is 1. The molecule has 2 heteroatoms. The molecule has 0 saturated carbocycles. The van der Waals surface area contributed by atoms with Gasteiger partial charge in [-0.15, -0.1) is 0 Å². The Hall–Kier alpha value is -1.05. The lowest BCUT2D eigenvalue weighted by molar-refractivity contribution is 0.586. The summed E-state index contributed by atoms with van der Waals surface area (Å²) in [6, 6.07) is 6.95. The molecule has 0 aromatic heterocycles. The van der Waals surface area contributed by atoms with Gasteiger partial charge in [-0.05, 0) is 25.0 Å². The summed E-state index contributed by atoms with van der Waals surface area (Å²) in [6.07, 6.45) is 0. The summed E-state index contributed by atoms with van der Waals surface area (Å²) in [6.45, 7) is 8.08. The van der Waals surface area contributed by atoms with Crippen molar-refractivity contribution in [1.82, 2.24) is 0 Å². The lowest BCUT2D eigenvalue weighted by Gasteiger charge is -2.25. The molecule has 0 radical (unpaired) electrons. The van der Waals surface area contributed by atoms with Gasteiger partial charge in [0.1, 0.15) is 5.82 Å². The molecule has 1 nitrogen and oxygen atoms in total. The lowest BCUT2D eigenvalue weighted by atomic mass is 10.2. The summed E-state index contributed by atoms with van der Waals surface area (Å²) < 4.78 is 13.4. The van der Waals surface area contributed by atoms with Crippen LogP contribution in [0.4, 0.5) is 10.1 Å². The van der Waals surface area contributed by atoms with Crippen LogP contribution in [0.5, 0.6) is 0 Å². The minimum Gasteiger partial charge on any atom is -0.369 e. The first kappa shape index (κ1) is 11.0. The monoisotopic (exact) mass is 195 g/mol. The highest BCUT2D eigenvalue weighted by molar-refractivity contribution is 5.47. The van der Waals surface area contributed by atoms with Crippen LogP contribution in [0.15, 0.2) is 24.3 Å². The van der Waals surface area contributed by atoms with Gasteiger partial charge in [0.15, 0.2) is 0 Å². The minimum absolute atomic E-state index is 0.130. The van der Waals surface area contributed by atoms with Crippen molar-refractivity contribution >= 4 is 5.69 Å². The maximum Gasteiger partial charge on any atom is 0.146 e. The maximum absolute atomic E-state index is 13.4. The molecule has 0 amide bonds. The van der Waals surface area contributed by atoms with Crippen LogP contribution in [-0.4, -0.2) is 13.1 Å². The van der Waals surface area contributed by atoms with Crippen LogP contribution >= 0.6 is 0 Å². The van der Waals surface area contributed by atoms with Gasteiger partial charge in [0, 0.05) is 13.1 Å². The van der Waals surface area contributed by atoms with Crippen molar-refractivity contribution in [2.75, 3.05) is 18.0 Å². The summed E-state index contributed by atoms with van der Waals surface area (Å²) in [7, 11) is 0. The number of para-hydroxylation sites is 1. The summed E-state index contributed by atoms with van der Waals surface area (Å²) in [5, 5.41) is 0. The summed E-state index contributed by atoms with van der Waals surface area (Å²) in [5.41, 5.74) is 0.712. The standard InChI is InChI=1S/C12H18FN/c1-4-14(9-10(2)3)12-8-6-5-7-11(12)13/h5-8,10H,4,9H2,1-3H3. The molecule has 1 rings (SSSR count). The first-order valence-corrected chi connectivity index (χ1v) is 5.14. The average Bonchev–Trinajstić information content (AvgIpc) is 2.15. The third-order valence-electron chi connectivity index (χ3n) is 2.16. The molecule has 0 spiro atoms. The minimum atomic E-state index is -0.130. The molecule has 0 saturated heterocycles. The zero-order chi connectivity index (χ0) is 10.6. The second kappa shape index (κ2) is 4.99. The van der Waals surface area contributed by atoms with E-state index in [9.17, 15) is 4.39 Å². The molecule has 1 aromatic carbocycles. The zero-order valence-electron chi connectivity index (χ0n) is 9.13. The van der Waals surface area contributed by atoms with Gasteiger partial charge in [-0.3, -0.25) is 0 Å². The fraction of sp³-hybridized carbons (Fsp3) is 0.500. The van der Waals surface area contributed by atoms with Gasteiger partial charge in [0.25, 0.3) is 0 Å². The molecular formula is C12H18FN. The van der Waals surface area contributed by atoms with Crippen molar-refractivity contribution in [3.8, 4) is 0 Å². The highest BCUT2D eigenvalue weighted by atomic mass is 19.1. The number of rotatable bonds is 4. The molecule has 0 unspecified atom stereocenters. The molecule has 78 valence electrons. The third-order valence-corrected chi connectivity index (χ3v) is 2.16. The Morgan fingerprint density at radius 3 is 2.43 bits per heavy atom. The number of hydrogen-bond acceptors (Lipinski definition) is 1. The first-order valence-electron chi connectivity index (χ1n) is 5.14. The van der Waals surface area contributed by atoms with Crippen molar-refractivity contribution in [1.29, 1.82) is 0 Å². The fourth-order valence-electron chi connectivity index (χ4n) is 1.55. The Bertz CT molecular complexity index is 283. The summed E-state index contributed by atoms with van der Waals surface area (Å²) in [4.78, 5) is 2.07. The summed E-state index contributed by atoms with van der Waals surface area (Å²) >= 11 is 0. The molecule has 0 atom stereocenters. The summed E-state index contributed by atoms with van der Waals surface area (Å²) in [5.74, 6) is 0.421. The van der Waals surface area contributed by atoms with Crippen LogP contribution < -0.4 is 4.90 Å². The van der Waals surface area contributed by atoms with Crippen LogP contribution in [0, 0.1) is 11.7 Å². The van der Waals surface area contributed by atoms with Crippen molar-refractivity contribution in [3.63, 3.8) is 0 Å². The lowest BCUT2D eigenvalue weighted by Crippen LogP contribution is -2.27. The molecular weight excluding hydrogens is 177 g/mol. The van der Waals surface area contributed by atoms with Crippen molar-refractivity contribution in [3.05, 3.63) is 30.1 Å². The van der Waals surface area contributed by atoms with E-state index in [1.165, 1.54) is 6.07 Å². The predicted molar refractivity (Wildman–Crippen MR) is 59.1 cm³/mol. The SMILES string of the molecule is CCN(CC(C)C)c1ccccc1F. The third kappa shape index (κ3) is 2.72. The molecule has 0 aliphatic rings. The molecule has 0 aliphatic heterocycles. The number of hydrogen-bond donors (Lipinski definition) is 0. The predicted octanol–water partition coefficient (Wildman–Crippen LogP) is 3.31. The maximum atomic E-state index is 13.4. The van der Waals surface area contributed by atoms with Crippen LogP contribution in [0.1, 0.15) is 20.8 Å². The second-order valence-electron chi connectivity index (χ2n) is 3.88. The fourth-order valence-corrected chi connectivity index (χ4v) is 1.55. The smallest absolute Gasteiger partial charge is 0.146 e. The van der Waals surface area contributed by atoms with Crippen molar-refractivity contribution < 1.29 is 4.39 Å². The Morgan fingerprint density at radius 1 is 1.29 bits per heavy atom. The Morgan fingerprint density at radius 2 is 1.93 bits per heavy atom. The quantitative estimate of drug-likeness (QED) is 0.712. The van der Waals surface area contributed by atoms with Gasteiger partial charge in [-0.2, -0.15) is 0 Å². The van der Waals surface area contributed by atoms with Crippen molar-refractivity contribution in [2.24, 2.45) is 5.92 Å². The largest absolute Gasteiger partial charge is 0.369 e. The molecule has 1 aromatic rings. The Labute approximate surface area is 85.5 Å². The number of anilines is 1. The van der Waals surface area contributed by atoms with Gasteiger partial charge in [-0.1, -0.05) is 26.0 Å². The molecule has 0 N–H and O–H groups in total. The first-order chi connectivity index (χ1) is 6.65. The van der Waals surface area contributed by atoms with Gasteiger partial charge in [0.05, 0.1) is 5.69 Å². The second-order valence-corrected chi connectivity index (χ2v) is 3.88. The molecule has 0 aliphatic carbocycles. The van der Waals surface area contributed by atoms with E-state index in [1.807, 2.05) is 12.1 Å². The molecule has 0 bridgehead atoms. The van der Waals surface area contributed by atoms with Gasteiger partial charge >= 0.3 is 0 Å². The van der Waals surface area contributed by atoms with E-state index in [4.69, 9.17) is 0 Å². The zero-order valence-corrected chi connectivity index (χ0v) is 9.13. The van der Waals surface area contributed by atoms with Crippen molar-refractivity contribution in [2.45, 2.75) is 20.8 Å². The van der Waals surface area contributed by atoms with E-state index in [-0.39, 0.29) is 5.82 Å². The van der Waals surface area contributed by atoms with E-state index in [2.05, 4.69) is 25.7 Å². The Kier molecular flexibility index (Phi) is 3.93. The van der Waals surface area contributed by atoms with Gasteiger partial charge in [-0.25, -0.2) is 4.39 Å². The van der Waals surface area contributed by atoms with Crippen LogP contribution in [-0.2, 0) is 0 Å². The molecule has 0 fully saturated rings. The van der Waals surface area contributed by atoms with Crippen LogP contribution in [0.2, 0.25) is 0 Å². The Balaban J connectivity index is 2.83. The van der Waals surface area contributed by atoms with Crippen LogP contribution in [0.3, 0.4) is 0 Å². The van der Waals surface area contributed by atoms with E-state index < -0.39 is 0 Å². The normalized spacial score (nSPS) is 10.6.